The highest BCUT2D eigenvalue weighted by Gasteiger charge is 2.22. The molecule has 1 fully saturated rings. The predicted octanol–water partition coefficient (Wildman–Crippen LogP) is 2.15. The number of amides is 1. The minimum atomic E-state index is -0.292. The Hall–Kier alpha value is -3.20. The molecule has 2 aromatic heterocycles. The molecule has 9 nitrogen and oxygen atoms in total. The average molecular weight is 409 g/mol. The first-order valence-corrected chi connectivity index (χ1v) is 10.1. The predicted molar refractivity (Wildman–Crippen MR) is 116 cm³/mol. The van der Waals surface area contributed by atoms with Crippen molar-refractivity contribution in [2.45, 2.75) is 19.9 Å². The quantitative estimate of drug-likeness (QED) is 0.691. The molecule has 1 unspecified atom stereocenters. The lowest BCUT2D eigenvalue weighted by atomic mass is 10.1. The molecule has 1 aromatic carbocycles. The number of benzene rings is 1. The van der Waals surface area contributed by atoms with Crippen molar-refractivity contribution in [1.82, 2.24) is 24.6 Å². The fourth-order valence-electron chi connectivity index (χ4n) is 3.62. The van der Waals surface area contributed by atoms with Gasteiger partial charge in [-0.2, -0.15) is 5.10 Å². The Kier molecular flexibility index (Phi) is 5.54. The lowest BCUT2D eigenvalue weighted by Gasteiger charge is -2.38. The van der Waals surface area contributed by atoms with Gasteiger partial charge in [0, 0.05) is 50.4 Å². The van der Waals surface area contributed by atoms with Gasteiger partial charge in [-0.1, -0.05) is 0 Å². The standard InChI is InChI=1S/C21H27N7O2/c1-5-30-18-9-17-15(13-27(4)25-17)8-16(18)21(29)24-19-10-23-20(11-22-19)28-7-6-26(3)14(2)12-28/h8-11,13-14H,5-7,12H2,1-4H3,(H,22,24,29). The number of aryl methyl sites for hydroxylation is 1. The lowest BCUT2D eigenvalue weighted by molar-refractivity contribution is 0.102. The van der Waals surface area contributed by atoms with E-state index >= 15 is 0 Å². The molecule has 0 radical (unpaired) electrons. The summed E-state index contributed by atoms with van der Waals surface area (Å²) in [6, 6.07) is 4.03. The molecule has 158 valence electrons. The maximum absolute atomic E-state index is 12.9. The molecule has 9 heteroatoms. The smallest absolute Gasteiger partial charge is 0.260 e. The zero-order valence-electron chi connectivity index (χ0n) is 17.8. The monoisotopic (exact) mass is 409 g/mol. The van der Waals surface area contributed by atoms with E-state index in [-0.39, 0.29) is 5.91 Å². The van der Waals surface area contributed by atoms with Crippen LogP contribution in [0.4, 0.5) is 11.6 Å². The summed E-state index contributed by atoms with van der Waals surface area (Å²) in [6.45, 7) is 7.33. The van der Waals surface area contributed by atoms with Crippen molar-refractivity contribution in [3.63, 3.8) is 0 Å². The fraction of sp³-hybridized carbons (Fsp3) is 0.429. The molecule has 1 N–H and O–H groups in total. The Bertz CT molecular complexity index is 1050. The first-order valence-electron chi connectivity index (χ1n) is 10.1. The average Bonchev–Trinajstić information content (AvgIpc) is 3.09. The molecule has 0 saturated carbocycles. The van der Waals surface area contributed by atoms with Crippen molar-refractivity contribution < 1.29 is 9.53 Å². The summed E-state index contributed by atoms with van der Waals surface area (Å²) >= 11 is 0. The van der Waals surface area contributed by atoms with Crippen LogP contribution in [0.3, 0.4) is 0 Å². The minimum absolute atomic E-state index is 0.292. The molecule has 1 amide bonds. The third kappa shape index (κ3) is 4.06. The molecule has 30 heavy (non-hydrogen) atoms. The number of carbonyl (C=O) groups is 1. The van der Waals surface area contributed by atoms with E-state index in [1.807, 2.05) is 20.2 Å². The second-order valence-corrected chi connectivity index (χ2v) is 7.63. The number of hydrogen-bond acceptors (Lipinski definition) is 7. The Morgan fingerprint density at radius 3 is 2.77 bits per heavy atom. The number of carbonyl (C=O) groups excluding carboxylic acids is 1. The normalized spacial score (nSPS) is 17.3. The zero-order chi connectivity index (χ0) is 21.3. The topological polar surface area (TPSA) is 88.4 Å². The highest BCUT2D eigenvalue weighted by Crippen LogP contribution is 2.26. The van der Waals surface area contributed by atoms with Crippen LogP contribution in [0.25, 0.3) is 10.9 Å². The Morgan fingerprint density at radius 2 is 2.07 bits per heavy atom. The van der Waals surface area contributed by atoms with Gasteiger partial charge in [0.15, 0.2) is 5.82 Å². The van der Waals surface area contributed by atoms with Gasteiger partial charge >= 0.3 is 0 Å². The Labute approximate surface area is 175 Å². The molecule has 1 aliphatic heterocycles. The third-order valence-electron chi connectivity index (χ3n) is 5.43. The molecule has 3 aromatic rings. The van der Waals surface area contributed by atoms with E-state index in [2.05, 4.69) is 44.2 Å². The first-order chi connectivity index (χ1) is 14.4. The highest BCUT2D eigenvalue weighted by molar-refractivity contribution is 6.08. The summed E-state index contributed by atoms with van der Waals surface area (Å²) in [6.07, 6.45) is 5.17. The van der Waals surface area contributed by atoms with Gasteiger partial charge in [-0.15, -0.1) is 0 Å². The van der Waals surface area contributed by atoms with E-state index < -0.39 is 0 Å². The van der Waals surface area contributed by atoms with Crippen molar-refractivity contribution >= 4 is 28.4 Å². The summed E-state index contributed by atoms with van der Waals surface area (Å²) in [5, 5.41) is 8.08. The van der Waals surface area contributed by atoms with E-state index in [9.17, 15) is 4.79 Å². The van der Waals surface area contributed by atoms with Gasteiger partial charge in [-0.25, -0.2) is 9.97 Å². The van der Waals surface area contributed by atoms with Crippen LogP contribution in [0.5, 0.6) is 5.75 Å². The van der Waals surface area contributed by atoms with Crippen molar-refractivity contribution in [3.05, 3.63) is 36.3 Å². The third-order valence-corrected chi connectivity index (χ3v) is 5.43. The van der Waals surface area contributed by atoms with E-state index in [0.717, 1.165) is 36.4 Å². The number of nitrogens with zero attached hydrogens (tertiary/aromatic N) is 6. The number of rotatable bonds is 5. The zero-order valence-corrected chi connectivity index (χ0v) is 17.8. The number of likely N-dealkylation sites (N-methyl/N-ethyl adjacent to an activating group) is 1. The van der Waals surface area contributed by atoms with Gasteiger partial charge in [0.05, 0.1) is 30.1 Å². The first kappa shape index (κ1) is 20.1. The van der Waals surface area contributed by atoms with Gasteiger partial charge in [0.2, 0.25) is 0 Å². The second-order valence-electron chi connectivity index (χ2n) is 7.63. The molecule has 1 saturated heterocycles. The molecule has 1 atom stereocenters. The van der Waals surface area contributed by atoms with Crippen molar-refractivity contribution in [2.24, 2.45) is 7.05 Å². The number of fused-ring (bicyclic) bond motifs is 1. The maximum Gasteiger partial charge on any atom is 0.260 e. The van der Waals surface area contributed by atoms with Crippen LogP contribution in [0.15, 0.2) is 30.7 Å². The maximum atomic E-state index is 12.9. The van der Waals surface area contributed by atoms with Crippen LogP contribution in [0.1, 0.15) is 24.2 Å². The molecule has 0 spiro atoms. The van der Waals surface area contributed by atoms with Gasteiger partial charge < -0.3 is 19.9 Å². The summed E-state index contributed by atoms with van der Waals surface area (Å²) in [7, 11) is 3.98. The minimum Gasteiger partial charge on any atom is -0.493 e. The Morgan fingerprint density at radius 1 is 1.23 bits per heavy atom. The number of aromatic nitrogens is 4. The molecule has 0 aliphatic carbocycles. The van der Waals surface area contributed by atoms with Crippen molar-refractivity contribution in [3.8, 4) is 5.75 Å². The molecule has 3 heterocycles. The van der Waals surface area contributed by atoms with Gasteiger partial charge in [0.1, 0.15) is 11.6 Å². The van der Waals surface area contributed by atoms with Crippen LogP contribution in [-0.2, 0) is 7.05 Å². The summed E-state index contributed by atoms with van der Waals surface area (Å²) < 4.78 is 7.39. The van der Waals surface area contributed by atoms with Crippen molar-refractivity contribution in [2.75, 3.05) is 43.5 Å². The highest BCUT2D eigenvalue weighted by atomic mass is 16.5. The number of nitrogens with one attached hydrogen (secondary N) is 1. The number of piperazine rings is 1. The van der Waals surface area contributed by atoms with Crippen LogP contribution in [0.2, 0.25) is 0 Å². The van der Waals surface area contributed by atoms with Crippen LogP contribution >= 0.6 is 0 Å². The molecular formula is C21H27N7O2. The second kappa shape index (κ2) is 8.27. The SMILES string of the molecule is CCOc1cc2nn(C)cc2cc1C(=O)Nc1cnc(N2CCN(C)C(C)C2)cn1. The number of hydrogen-bond donors (Lipinski definition) is 1. The fourth-order valence-corrected chi connectivity index (χ4v) is 3.62. The lowest BCUT2D eigenvalue weighted by Crippen LogP contribution is -2.50. The van der Waals surface area contributed by atoms with Gasteiger partial charge in [0.25, 0.3) is 5.91 Å². The molecule has 4 rings (SSSR count). The van der Waals surface area contributed by atoms with E-state index in [1.54, 1.807) is 29.2 Å². The molecule has 1 aliphatic rings. The summed E-state index contributed by atoms with van der Waals surface area (Å²) in [5.41, 5.74) is 1.22. The van der Waals surface area contributed by atoms with Gasteiger partial charge in [-0.3, -0.25) is 9.48 Å². The molecular weight excluding hydrogens is 382 g/mol. The molecule has 0 bridgehead atoms. The van der Waals surface area contributed by atoms with Gasteiger partial charge in [-0.05, 0) is 27.0 Å². The van der Waals surface area contributed by atoms with Crippen LogP contribution in [-0.4, -0.2) is 69.9 Å². The van der Waals surface area contributed by atoms with E-state index in [4.69, 9.17) is 4.74 Å². The largest absolute Gasteiger partial charge is 0.493 e. The van der Waals surface area contributed by atoms with Crippen molar-refractivity contribution in [1.29, 1.82) is 0 Å². The van der Waals surface area contributed by atoms with Crippen LogP contribution < -0.4 is 15.0 Å². The summed E-state index contributed by atoms with van der Waals surface area (Å²) in [5.74, 6) is 1.43. The van der Waals surface area contributed by atoms with E-state index in [0.29, 0.717) is 29.8 Å². The van der Waals surface area contributed by atoms with E-state index in [1.165, 1.54) is 0 Å². The Balaban J connectivity index is 1.51. The number of anilines is 2. The van der Waals surface area contributed by atoms with Crippen LogP contribution in [0, 0.1) is 0 Å². The number of ether oxygens (including phenoxy) is 1. The summed E-state index contributed by atoms with van der Waals surface area (Å²) in [4.78, 5) is 26.4.